The van der Waals surface area contributed by atoms with Crippen LogP contribution in [0.4, 0.5) is 0 Å². The lowest BCUT2D eigenvalue weighted by atomic mass is 10.0. The van der Waals surface area contributed by atoms with Crippen LogP contribution in [0.2, 0.25) is 0 Å². The average molecular weight is 192 g/mol. The predicted molar refractivity (Wildman–Crippen MR) is 66.4 cm³/mol. The van der Waals surface area contributed by atoms with E-state index < -0.39 is 0 Å². The highest BCUT2D eigenvalue weighted by Gasteiger charge is 1.96. The molecule has 0 aliphatic rings. The molecule has 0 saturated carbocycles. The van der Waals surface area contributed by atoms with Crippen LogP contribution in [0.3, 0.4) is 0 Å². The van der Waals surface area contributed by atoms with Gasteiger partial charge in [-0.2, -0.15) is 0 Å². The van der Waals surface area contributed by atoms with E-state index in [1.54, 1.807) is 0 Å². The van der Waals surface area contributed by atoms with Crippen LogP contribution in [0.25, 0.3) is 0 Å². The summed E-state index contributed by atoms with van der Waals surface area (Å²) in [5, 5.41) is 0. The first-order valence-corrected chi connectivity index (χ1v) is 5.72. The smallest absolute Gasteiger partial charge is 0.00513 e. The van der Waals surface area contributed by atoms with Crippen molar-refractivity contribution in [1.29, 1.82) is 0 Å². The van der Waals surface area contributed by atoms with Gasteiger partial charge < -0.3 is 0 Å². The maximum Gasteiger partial charge on any atom is -0.00513 e. The Morgan fingerprint density at radius 2 is 1.93 bits per heavy atom. The molecular weight excluding hydrogens is 168 g/mol. The zero-order valence-electron chi connectivity index (χ0n) is 10.1. The molecule has 0 bridgehead atoms. The number of unbranched alkanes of at least 4 members (excludes halogenated alkanes) is 1. The summed E-state index contributed by atoms with van der Waals surface area (Å²) in [6.45, 7) is 8.81. The molecule has 1 atom stereocenters. The van der Waals surface area contributed by atoms with Gasteiger partial charge in [-0.3, -0.25) is 0 Å². The summed E-state index contributed by atoms with van der Waals surface area (Å²) in [5.41, 5.74) is 1.43. The standard InChI is InChI=1S/C14H24/c1-5-7-9-11-13(3)14(4)12-10-8-6-2/h7,9-12,14H,5-6,8H2,1-4H3. The zero-order valence-corrected chi connectivity index (χ0v) is 10.1. The molecule has 0 aliphatic carbocycles. The minimum Gasteiger partial charge on any atom is -0.0880 e. The Hall–Kier alpha value is -0.780. The third-order valence-corrected chi connectivity index (χ3v) is 2.33. The van der Waals surface area contributed by atoms with Crippen molar-refractivity contribution in [3.63, 3.8) is 0 Å². The van der Waals surface area contributed by atoms with Gasteiger partial charge in [-0.05, 0) is 25.7 Å². The predicted octanol–water partition coefficient (Wildman–Crippen LogP) is 4.89. The van der Waals surface area contributed by atoms with Crippen molar-refractivity contribution in [2.24, 2.45) is 5.92 Å². The molecule has 0 aromatic heterocycles. The molecule has 14 heavy (non-hydrogen) atoms. The lowest BCUT2D eigenvalue weighted by Gasteiger charge is -2.05. The van der Waals surface area contributed by atoms with Gasteiger partial charge in [-0.25, -0.2) is 0 Å². The van der Waals surface area contributed by atoms with E-state index in [2.05, 4.69) is 58.1 Å². The first-order chi connectivity index (χ1) is 6.72. The molecule has 0 amide bonds. The molecule has 0 N–H and O–H groups in total. The Morgan fingerprint density at radius 1 is 1.21 bits per heavy atom. The fourth-order valence-electron chi connectivity index (χ4n) is 1.13. The van der Waals surface area contributed by atoms with E-state index in [1.165, 1.54) is 18.4 Å². The fraction of sp³-hybridized carbons (Fsp3) is 0.571. The second kappa shape index (κ2) is 8.80. The van der Waals surface area contributed by atoms with E-state index in [0.29, 0.717) is 5.92 Å². The van der Waals surface area contributed by atoms with Crippen molar-refractivity contribution in [3.8, 4) is 0 Å². The Bertz CT molecular complexity index is 206. The summed E-state index contributed by atoms with van der Waals surface area (Å²) in [6, 6.07) is 0. The lowest BCUT2D eigenvalue weighted by Crippen LogP contribution is -1.90. The first kappa shape index (κ1) is 13.2. The number of rotatable bonds is 6. The van der Waals surface area contributed by atoms with Crippen LogP contribution in [0.15, 0.2) is 36.0 Å². The van der Waals surface area contributed by atoms with Crippen LogP contribution in [0, 0.1) is 5.92 Å². The van der Waals surface area contributed by atoms with Crippen LogP contribution in [-0.4, -0.2) is 0 Å². The minimum absolute atomic E-state index is 0.572. The molecule has 0 nitrogen and oxygen atoms in total. The van der Waals surface area contributed by atoms with Gasteiger partial charge in [0, 0.05) is 0 Å². The monoisotopic (exact) mass is 192 g/mol. The molecule has 0 heteroatoms. The fourth-order valence-corrected chi connectivity index (χ4v) is 1.13. The third-order valence-electron chi connectivity index (χ3n) is 2.33. The van der Waals surface area contributed by atoms with E-state index in [1.807, 2.05) is 0 Å². The summed E-state index contributed by atoms with van der Waals surface area (Å²) < 4.78 is 0. The van der Waals surface area contributed by atoms with Crippen molar-refractivity contribution >= 4 is 0 Å². The summed E-state index contributed by atoms with van der Waals surface area (Å²) in [4.78, 5) is 0. The average Bonchev–Trinajstić information content (AvgIpc) is 2.18. The maximum absolute atomic E-state index is 2.30. The van der Waals surface area contributed by atoms with Gasteiger partial charge >= 0.3 is 0 Å². The van der Waals surface area contributed by atoms with E-state index in [-0.39, 0.29) is 0 Å². The molecule has 0 fully saturated rings. The topological polar surface area (TPSA) is 0 Å². The van der Waals surface area contributed by atoms with Crippen molar-refractivity contribution in [2.45, 2.75) is 47.0 Å². The van der Waals surface area contributed by atoms with E-state index in [4.69, 9.17) is 0 Å². The van der Waals surface area contributed by atoms with Gasteiger partial charge in [0.25, 0.3) is 0 Å². The minimum atomic E-state index is 0.572. The van der Waals surface area contributed by atoms with Gasteiger partial charge in [0.05, 0.1) is 0 Å². The summed E-state index contributed by atoms with van der Waals surface area (Å²) in [6.07, 6.45) is 14.7. The first-order valence-electron chi connectivity index (χ1n) is 5.72. The van der Waals surface area contributed by atoms with Crippen LogP contribution in [0.5, 0.6) is 0 Å². The van der Waals surface area contributed by atoms with E-state index in [0.717, 1.165) is 6.42 Å². The molecular formula is C14H24. The van der Waals surface area contributed by atoms with E-state index >= 15 is 0 Å². The normalized spacial score (nSPS) is 15.6. The SMILES string of the molecule is CCC=CC=C(C)C(C)C=CCCC. The van der Waals surface area contributed by atoms with Crippen LogP contribution < -0.4 is 0 Å². The summed E-state index contributed by atoms with van der Waals surface area (Å²) >= 11 is 0. The van der Waals surface area contributed by atoms with Gasteiger partial charge in [-0.1, -0.05) is 63.1 Å². The maximum atomic E-state index is 2.30. The van der Waals surface area contributed by atoms with Crippen LogP contribution >= 0.6 is 0 Å². The Morgan fingerprint density at radius 3 is 2.50 bits per heavy atom. The highest BCUT2D eigenvalue weighted by Crippen LogP contribution is 2.11. The Kier molecular flexibility index (Phi) is 8.31. The summed E-state index contributed by atoms with van der Waals surface area (Å²) in [5.74, 6) is 0.572. The van der Waals surface area contributed by atoms with Crippen LogP contribution in [-0.2, 0) is 0 Å². The number of allylic oxidation sites excluding steroid dienone is 6. The zero-order chi connectivity index (χ0) is 10.8. The van der Waals surface area contributed by atoms with Gasteiger partial charge in [-0.15, -0.1) is 0 Å². The molecule has 0 aliphatic heterocycles. The molecule has 0 aromatic rings. The number of hydrogen-bond donors (Lipinski definition) is 0. The Balaban J connectivity index is 4.03. The van der Waals surface area contributed by atoms with Crippen molar-refractivity contribution in [2.75, 3.05) is 0 Å². The molecule has 0 radical (unpaired) electrons. The molecule has 0 heterocycles. The van der Waals surface area contributed by atoms with Crippen molar-refractivity contribution in [3.05, 3.63) is 36.0 Å². The Labute approximate surface area is 89.4 Å². The highest BCUT2D eigenvalue weighted by molar-refractivity contribution is 5.16. The quantitative estimate of drug-likeness (QED) is 0.415. The van der Waals surface area contributed by atoms with Gasteiger partial charge in [0.15, 0.2) is 0 Å². The van der Waals surface area contributed by atoms with E-state index in [9.17, 15) is 0 Å². The second-order valence-corrected chi connectivity index (χ2v) is 3.75. The van der Waals surface area contributed by atoms with Crippen LogP contribution in [0.1, 0.15) is 47.0 Å². The molecule has 0 aromatic carbocycles. The van der Waals surface area contributed by atoms with Crippen molar-refractivity contribution in [1.82, 2.24) is 0 Å². The highest BCUT2D eigenvalue weighted by atomic mass is 14.0. The largest absolute Gasteiger partial charge is 0.0880 e. The lowest BCUT2D eigenvalue weighted by molar-refractivity contribution is 0.847. The molecule has 80 valence electrons. The molecule has 0 spiro atoms. The summed E-state index contributed by atoms with van der Waals surface area (Å²) in [7, 11) is 0. The second-order valence-electron chi connectivity index (χ2n) is 3.75. The number of hydrogen-bond acceptors (Lipinski definition) is 0. The molecule has 0 rings (SSSR count). The third kappa shape index (κ3) is 6.71. The molecule has 1 unspecified atom stereocenters. The molecule has 0 saturated heterocycles. The van der Waals surface area contributed by atoms with Crippen molar-refractivity contribution < 1.29 is 0 Å². The van der Waals surface area contributed by atoms with Gasteiger partial charge in [0.2, 0.25) is 0 Å². The van der Waals surface area contributed by atoms with Gasteiger partial charge in [0.1, 0.15) is 0 Å².